The molecule has 12 nitrogen and oxygen atoms in total. The molecule has 14 heteroatoms. The average molecular weight is 820 g/mol. The number of hydrogen-bond donors (Lipinski definition) is 0. The summed E-state index contributed by atoms with van der Waals surface area (Å²) in [6, 6.07) is 0. The van der Waals surface area contributed by atoms with Gasteiger partial charge < -0.3 is 59.4 Å². The summed E-state index contributed by atoms with van der Waals surface area (Å²) in [6.07, 6.45) is 8.09. The second-order valence-corrected chi connectivity index (χ2v) is 8.09. The molecule has 0 atom stereocenters. The molecule has 0 N–H and O–H groups in total. The second kappa shape index (κ2) is 37.7. The molecule has 0 aromatic rings. The first-order valence-corrected chi connectivity index (χ1v) is 19.2. The van der Waals surface area contributed by atoms with Gasteiger partial charge in [0, 0.05) is 37.2 Å². The number of aliphatic carboxylic acids is 6. The molecule has 0 aliphatic heterocycles. The molecule has 0 amide bonds. The van der Waals surface area contributed by atoms with Gasteiger partial charge in [-0.15, -0.1) is 0 Å². The van der Waals surface area contributed by atoms with Crippen LogP contribution in [0.5, 0.6) is 0 Å². The Labute approximate surface area is 281 Å². The third-order valence-electron chi connectivity index (χ3n) is 4.73. The minimum absolute atomic E-state index is 0.0473. The van der Waals surface area contributed by atoms with Crippen LogP contribution in [0.3, 0.4) is 0 Å². The van der Waals surface area contributed by atoms with E-state index in [2.05, 4.69) is 9.88 Å². The van der Waals surface area contributed by atoms with E-state index in [1.54, 1.807) is 45.0 Å². The van der Waals surface area contributed by atoms with Gasteiger partial charge in [-0.3, -0.25) is 0 Å². The van der Waals surface area contributed by atoms with E-state index in [1.807, 2.05) is 20.8 Å². The van der Waals surface area contributed by atoms with Gasteiger partial charge in [0.2, 0.25) is 0 Å². The van der Waals surface area contributed by atoms with Crippen LogP contribution >= 0.6 is 0 Å². The number of hydrogen-bond acceptors (Lipinski definition) is 12. The van der Waals surface area contributed by atoms with E-state index in [4.69, 9.17) is 0 Å². The van der Waals surface area contributed by atoms with Crippen LogP contribution in [0.4, 0.5) is 0 Å². The van der Waals surface area contributed by atoms with Gasteiger partial charge in [-0.05, 0) is 55.2 Å². The van der Waals surface area contributed by atoms with Gasteiger partial charge in [0.15, 0.2) is 0 Å². The molecule has 0 aliphatic carbocycles. The van der Waals surface area contributed by atoms with E-state index in [0.717, 1.165) is 37.5 Å². The quantitative estimate of drug-likeness (QED) is 0.102. The zero-order valence-electron chi connectivity index (χ0n) is 25.6. The SMILES string of the molecule is CCCCC(=CCC(=O)[O-])C(=O)[O-].CCCCC(=CCC(=O)[O-])C(=O)[O-].CCCCC(=CCC(=O)[O-])C(=O)[O-].[CH3][Sn+3].[CH3][Sn+3]. The summed E-state index contributed by atoms with van der Waals surface area (Å²) in [5, 5.41) is 61.4. The Bertz CT molecular complexity index is 780. The van der Waals surface area contributed by atoms with Crippen LogP contribution in [0.25, 0.3) is 0 Å². The Hall–Kier alpha value is -2.36. The predicted octanol–water partition coefficient (Wildman–Crippen LogP) is -2.62. The summed E-state index contributed by atoms with van der Waals surface area (Å²) in [6.45, 7) is 5.77. The molecule has 0 heterocycles. The Morgan fingerprint density at radius 1 is 0.442 bits per heavy atom. The molecule has 0 aromatic heterocycles. The monoisotopic (exact) mass is 822 g/mol. The molecule has 0 fully saturated rings. The Morgan fingerprint density at radius 3 is 0.744 bits per heavy atom. The van der Waals surface area contributed by atoms with E-state index >= 15 is 0 Å². The summed E-state index contributed by atoms with van der Waals surface area (Å²) < 4.78 is 0. The van der Waals surface area contributed by atoms with Crippen molar-refractivity contribution in [3.8, 4) is 0 Å². The third-order valence-corrected chi connectivity index (χ3v) is 4.73. The van der Waals surface area contributed by atoms with Crippen LogP contribution in [0.1, 0.15) is 97.8 Å². The van der Waals surface area contributed by atoms with Crippen molar-refractivity contribution in [2.24, 2.45) is 0 Å². The number of unbranched alkanes of at least 4 members (excludes halogenated alkanes) is 3. The molecule has 0 spiro atoms. The second-order valence-electron chi connectivity index (χ2n) is 8.09. The minimum atomic E-state index is -1.30. The molecule has 0 saturated heterocycles. The van der Waals surface area contributed by atoms with Gasteiger partial charge in [-0.2, -0.15) is 0 Å². The first kappa shape index (κ1) is 50.3. The number of carboxylic acids is 6. The van der Waals surface area contributed by atoms with Crippen molar-refractivity contribution in [1.82, 2.24) is 0 Å². The summed E-state index contributed by atoms with van der Waals surface area (Å²) in [7, 11) is 0. The predicted molar refractivity (Wildman–Crippen MR) is 150 cm³/mol. The zero-order chi connectivity index (χ0) is 34.8. The van der Waals surface area contributed by atoms with E-state index in [0.29, 0.717) is 38.5 Å². The standard InChI is InChI=1S/3C9H14O4.2CH3.2Sn/c3*1-2-3-4-7(9(12)13)5-6-8(10)11;;;;/h3*5H,2-4,6H2,1H3,(H,10,11)(H,12,13);2*1H3;;/q;;;;;2*+3/p-6. The molecule has 0 radical (unpaired) electrons. The summed E-state index contributed by atoms with van der Waals surface area (Å²) in [4.78, 5) is 65.5. The van der Waals surface area contributed by atoms with Crippen LogP contribution in [-0.4, -0.2) is 80.9 Å². The van der Waals surface area contributed by atoms with Crippen LogP contribution in [0.2, 0.25) is 9.88 Å². The molecule has 0 rings (SSSR count). The van der Waals surface area contributed by atoms with Gasteiger partial charge in [0.25, 0.3) is 0 Å². The van der Waals surface area contributed by atoms with E-state index < -0.39 is 35.8 Å². The number of rotatable bonds is 18. The normalized spacial score (nSPS) is 10.6. The average Bonchev–Trinajstić information content (AvgIpc) is 2.95. The van der Waals surface area contributed by atoms with Crippen molar-refractivity contribution < 1.29 is 59.4 Å². The fraction of sp³-hybridized carbons (Fsp3) is 0.586. The van der Waals surface area contributed by atoms with Crippen molar-refractivity contribution in [2.45, 2.75) is 108 Å². The van der Waals surface area contributed by atoms with Gasteiger partial charge in [-0.25, -0.2) is 0 Å². The van der Waals surface area contributed by atoms with Gasteiger partial charge in [0.05, 0.1) is 17.9 Å². The van der Waals surface area contributed by atoms with Crippen molar-refractivity contribution in [3.05, 3.63) is 34.9 Å². The number of carbonyl (C=O) groups excluding carboxylic acids is 6. The van der Waals surface area contributed by atoms with Crippen LogP contribution in [-0.2, 0) is 28.8 Å². The maximum absolute atomic E-state index is 10.4. The van der Waals surface area contributed by atoms with Crippen molar-refractivity contribution in [2.75, 3.05) is 0 Å². The van der Waals surface area contributed by atoms with Crippen LogP contribution in [0, 0.1) is 0 Å². The first-order valence-electron chi connectivity index (χ1n) is 13.5. The molecule has 0 aromatic carbocycles. The Morgan fingerprint density at radius 2 is 0.628 bits per heavy atom. The molecule has 238 valence electrons. The van der Waals surface area contributed by atoms with Gasteiger partial charge in [0.1, 0.15) is 0 Å². The topological polar surface area (TPSA) is 241 Å². The maximum atomic E-state index is 10.4. The first-order chi connectivity index (χ1) is 20.2. The Balaban J connectivity index is -0.000000158. The van der Waals surface area contributed by atoms with E-state index in [1.165, 1.54) is 0 Å². The number of carboxylic acid groups (broad SMARTS) is 6. The van der Waals surface area contributed by atoms with Crippen molar-refractivity contribution in [3.63, 3.8) is 0 Å². The third kappa shape index (κ3) is 41.8. The van der Waals surface area contributed by atoms with E-state index in [9.17, 15) is 59.4 Å². The van der Waals surface area contributed by atoms with Crippen LogP contribution < -0.4 is 30.6 Å². The van der Waals surface area contributed by atoms with Crippen LogP contribution in [0.15, 0.2) is 34.9 Å². The van der Waals surface area contributed by atoms with Gasteiger partial charge in [-0.1, -0.05) is 58.3 Å². The zero-order valence-corrected chi connectivity index (χ0v) is 31.3. The molecular weight excluding hydrogens is 778 g/mol. The fourth-order valence-corrected chi connectivity index (χ4v) is 2.58. The van der Waals surface area contributed by atoms with E-state index in [-0.39, 0.29) is 36.0 Å². The molecule has 0 unspecified atom stereocenters. The molecule has 0 saturated carbocycles. The molecular formula is C29H42O12Sn2. The summed E-state index contributed by atoms with van der Waals surface area (Å²) in [5.74, 6) is -7.74. The molecule has 0 aliphatic rings. The number of carbonyl (C=O) groups is 6. The Kier molecular flexibility index (Phi) is 44.0. The molecule has 43 heavy (non-hydrogen) atoms. The van der Waals surface area contributed by atoms with Crippen molar-refractivity contribution >= 4 is 80.9 Å². The summed E-state index contributed by atoms with van der Waals surface area (Å²) in [5.41, 5.74) is 0.142. The molecule has 0 bridgehead atoms. The summed E-state index contributed by atoms with van der Waals surface area (Å²) >= 11 is 3.10. The van der Waals surface area contributed by atoms with Gasteiger partial charge >= 0.3 is 54.9 Å². The van der Waals surface area contributed by atoms with Crippen molar-refractivity contribution in [1.29, 1.82) is 0 Å². The fourth-order valence-electron chi connectivity index (χ4n) is 2.58.